The highest BCUT2D eigenvalue weighted by Crippen LogP contribution is 2.36. The van der Waals surface area contributed by atoms with Crippen molar-refractivity contribution < 1.29 is 26.4 Å². The second kappa shape index (κ2) is 7.31. The number of benzene rings is 2. The molecule has 0 fully saturated rings. The summed E-state index contributed by atoms with van der Waals surface area (Å²) in [5.41, 5.74) is 0.642. The molecule has 0 N–H and O–H groups in total. The minimum Gasteiger partial charge on any atom is -0.231 e. The second-order valence-corrected chi connectivity index (χ2v) is 7.84. The van der Waals surface area contributed by atoms with E-state index in [9.17, 15) is 26.4 Å². The van der Waals surface area contributed by atoms with Crippen LogP contribution in [0.15, 0.2) is 57.8 Å². The molecule has 10 heteroatoms. The predicted octanol–water partition coefficient (Wildman–Crippen LogP) is 4.20. The number of alkyl halides is 3. The Morgan fingerprint density at radius 2 is 1.76 bits per heavy atom. The number of carbonyl (C=O) groups excluding carboxylic acids is 1. The highest BCUT2D eigenvalue weighted by atomic mass is 32.2. The minimum absolute atomic E-state index is 0.0521. The lowest BCUT2D eigenvalue weighted by atomic mass is 10.0. The topological polar surface area (TPSA) is 81.4 Å². The van der Waals surface area contributed by atoms with Crippen LogP contribution < -0.4 is 0 Å². The highest BCUT2D eigenvalue weighted by molar-refractivity contribution is 7.90. The Morgan fingerprint density at radius 3 is 2.41 bits per heavy atom. The maximum absolute atomic E-state index is 13.4. The lowest BCUT2D eigenvalue weighted by Gasteiger charge is -2.13. The summed E-state index contributed by atoms with van der Waals surface area (Å²) in [4.78, 5) is 10.0. The van der Waals surface area contributed by atoms with Gasteiger partial charge < -0.3 is 0 Å². The Kier molecular flexibility index (Phi) is 5.16. The number of halogens is 3. The predicted molar refractivity (Wildman–Crippen MR) is 98.8 cm³/mol. The first-order chi connectivity index (χ1) is 13.5. The molecule has 0 radical (unpaired) electrons. The molecular weight excluding hydrogens is 407 g/mol. The van der Waals surface area contributed by atoms with Crippen molar-refractivity contribution in [3.63, 3.8) is 0 Å². The average Bonchev–Trinajstić information content (AvgIpc) is 3.09. The number of para-hydroxylation sites is 1. The smallest absolute Gasteiger partial charge is 0.231 e. The molecule has 0 unspecified atom stereocenters. The van der Waals surface area contributed by atoms with Crippen molar-refractivity contribution in [2.45, 2.75) is 24.9 Å². The largest absolute Gasteiger partial charge is 0.435 e. The van der Waals surface area contributed by atoms with Crippen LogP contribution in [0.25, 0.3) is 16.9 Å². The summed E-state index contributed by atoms with van der Waals surface area (Å²) < 4.78 is 68.5. The number of aryl methyl sites for hydroxylation is 2. The van der Waals surface area contributed by atoms with Gasteiger partial charge in [-0.1, -0.05) is 34.2 Å². The first-order valence-corrected chi connectivity index (χ1v) is 9.67. The molecule has 1 aromatic heterocycles. The molecule has 3 rings (SSSR count). The highest BCUT2D eigenvalue weighted by Gasteiger charge is 2.36. The van der Waals surface area contributed by atoms with Crippen LogP contribution in [0.3, 0.4) is 0 Å². The van der Waals surface area contributed by atoms with Crippen LogP contribution in [0.5, 0.6) is 0 Å². The van der Waals surface area contributed by atoms with Gasteiger partial charge in [0.25, 0.3) is 16.1 Å². The van der Waals surface area contributed by atoms with Crippen molar-refractivity contribution in [3.05, 3.63) is 65.4 Å². The summed E-state index contributed by atoms with van der Waals surface area (Å²) in [5, 5.41) is 3.62. The van der Waals surface area contributed by atoms with E-state index in [0.717, 1.165) is 28.5 Å². The zero-order valence-electron chi connectivity index (χ0n) is 15.2. The zero-order valence-corrected chi connectivity index (χ0v) is 16.0. The molecule has 0 aliphatic carbocycles. The quantitative estimate of drug-likeness (QED) is 0.467. The molecule has 6 nitrogen and oxygen atoms in total. The number of sulfonamides is 1. The van der Waals surface area contributed by atoms with E-state index in [1.807, 2.05) is 0 Å². The lowest BCUT2D eigenvalue weighted by Crippen LogP contribution is -2.10. The van der Waals surface area contributed by atoms with Crippen molar-refractivity contribution >= 4 is 16.1 Å². The van der Waals surface area contributed by atoms with E-state index in [1.165, 1.54) is 18.2 Å². The van der Waals surface area contributed by atoms with Crippen LogP contribution in [0.1, 0.15) is 16.8 Å². The van der Waals surface area contributed by atoms with Crippen molar-refractivity contribution in [3.8, 4) is 16.9 Å². The van der Waals surface area contributed by atoms with Crippen LogP contribution in [0.4, 0.5) is 13.2 Å². The third-order valence-corrected chi connectivity index (χ3v) is 5.41. The molecule has 0 aliphatic rings. The number of hydrogen-bond donors (Lipinski definition) is 0. The van der Waals surface area contributed by atoms with E-state index in [1.54, 1.807) is 32.0 Å². The van der Waals surface area contributed by atoms with Crippen molar-refractivity contribution in [1.29, 1.82) is 0 Å². The van der Waals surface area contributed by atoms with Gasteiger partial charge in [-0.15, -0.1) is 0 Å². The Labute approximate surface area is 164 Å². The van der Waals surface area contributed by atoms with E-state index in [0.29, 0.717) is 11.1 Å². The molecule has 0 atom stereocenters. The van der Waals surface area contributed by atoms with E-state index in [4.69, 9.17) is 0 Å². The fourth-order valence-corrected chi connectivity index (χ4v) is 3.72. The van der Waals surface area contributed by atoms with Gasteiger partial charge in [0.05, 0.1) is 11.4 Å². The maximum Gasteiger partial charge on any atom is 0.435 e. The fraction of sp³-hybridized carbons (Fsp3) is 0.158. The summed E-state index contributed by atoms with van der Waals surface area (Å²) in [6.07, 6.45) is -3.79. The molecule has 0 aliphatic heterocycles. The molecular formula is C19H14F3N3O3S. The first-order valence-electron chi connectivity index (χ1n) is 8.23. The zero-order chi connectivity index (χ0) is 21.4. The molecule has 2 aromatic carbocycles. The van der Waals surface area contributed by atoms with E-state index >= 15 is 0 Å². The first kappa shape index (κ1) is 20.5. The molecule has 0 saturated carbocycles. The summed E-state index contributed by atoms with van der Waals surface area (Å²) in [6.45, 7) is 3.50. The standard InChI is InChI=1S/C19H14F3N3O3S/c1-12-7-8-13(2)14(9-12)16-10-18(19(20,21)22)24-25(16)15-5-3-4-6-17(15)29(27,28)23-11-26/h3-10H,1-2H3. The number of isocyanates is 1. The fourth-order valence-electron chi connectivity index (χ4n) is 2.86. The monoisotopic (exact) mass is 421 g/mol. The van der Waals surface area contributed by atoms with Crippen molar-refractivity contribution in [2.24, 2.45) is 4.40 Å². The molecule has 29 heavy (non-hydrogen) atoms. The molecule has 0 bridgehead atoms. The van der Waals surface area contributed by atoms with Gasteiger partial charge in [0.15, 0.2) is 5.69 Å². The van der Waals surface area contributed by atoms with Crippen LogP contribution in [0.2, 0.25) is 0 Å². The van der Waals surface area contributed by atoms with Gasteiger partial charge in [-0.2, -0.15) is 26.7 Å². The van der Waals surface area contributed by atoms with E-state index < -0.39 is 26.8 Å². The normalized spacial score (nSPS) is 11.9. The summed E-state index contributed by atoms with van der Waals surface area (Å²) in [7, 11) is -4.47. The van der Waals surface area contributed by atoms with Crippen LogP contribution >= 0.6 is 0 Å². The summed E-state index contributed by atoms with van der Waals surface area (Å²) >= 11 is 0. The van der Waals surface area contributed by atoms with Crippen molar-refractivity contribution in [2.75, 3.05) is 0 Å². The number of aromatic nitrogens is 2. The number of rotatable bonds is 4. The Morgan fingerprint density at radius 1 is 1.07 bits per heavy atom. The third-order valence-electron chi connectivity index (χ3n) is 4.20. The SMILES string of the molecule is Cc1ccc(C)c(-c2cc(C(F)(F)F)nn2-c2ccccc2S(=O)(=O)N=C=O)c1. The second-order valence-electron chi connectivity index (χ2n) is 6.27. The molecule has 0 saturated heterocycles. The summed E-state index contributed by atoms with van der Waals surface area (Å²) in [5.74, 6) is 0. The van der Waals surface area contributed by atoms with Crippen LogP contribution in [-0.4, -0.2) is 24.3 Å². The van der Waals surface area contributed by atoms with Gasteiger partial charge in [-0.05, 0) is 43.7 Å². The Balaban J connectivity index is 2.39. The van der Waals surface area contributed by atoms with Gasteiger partial charge >= 0.3 is 6.18 Å². The van der Waals surface area contributed by atoms with Crippen LogP contribution in [-0.2, 0) is 21.0 Å². The number of nitrogens with zero attached hydrogens (tertiary/aromatic N) is 3. The summed E-state index contributed by atoms with van der Waals surface area (Å²) in [6, 6.07) is 11.3. The molecule has 150 valence electrons. The average molecular weight is 421 g/mol. The van der Waals surface area contributed by atoms with Gasteiger partial charge in [0.1, 0.15) is 4.90 Å². The van der Waals surface area contributed by atoms with Gasteiger partial charge in [-0.3, -0.25) is 0 Å². The molecule has 1 heterocycles. The van der Waals surface area contributed by atoms with Crippen LogP contribution in [0, 0.1) is 13.8 Å². The molecule has 3 aromatic rings. The maximum atomic E-state index is 13.4. The third kappa shape index (κ3) is 3.98. The van der Waals surface area contributed by atoms with Gasteiger partial charge in [0.2, 0.25) is 0 Å². The van der Waals surface area contributed by atoms with E-state index in [2.05, 4.69) is 9.50 Å². The van der Waals surface area contributed by atoms with Crippen molar-refractivity contribution in [1.82, 2.24) is 9.78 Å². The van der Waals surface area contributed by atoms with E-state index in [-0.39, 0.29) is 11.4 Å². The Hall–Kier alpha value is -3.23. The van der Waals surface area contributed by atoms with Gasteiger partial charge in [0, 0.05) is 5.56 Å². The van der Waals surface area contributed by atoms with Gasteiger partial charge in [-0.25, -0.2) is 9.48 Å². The number of hydrogen-bond acceptors (Lipinski definition) is 4. The Bertz CT molecular complexity index is 1240. The minimum atomic E-state index is -4.74. The molecule has 0 spiro atoms. The molecule has 0 amide bonds. The lowest BCUT2D eigenvalue weighted by molar-refractivity contribution is -0.141.